The molecule has 0 saturated carbocycles. The monoisotopic (exact) mass is 831 g/mol. The van der Waals surface area contributed by atoms with Crippen LogP contribution in [0.5, 0.6) is 0 Å². The summed E-state index contributed by atoms with van der Waals surface area (Å²) in [6, 6.07) is 0. The molecule has 6 atom stereocenters. The highest BCUT2D eigenvalue weighted by atomic mass is 32.2. The van der Waals surface area contributed by atoms with E-state index in [-0.39, 0.29) is 19.4 Å². The van der Waals surface area contributed by atoms with Crippen LogP contribution in [0.3, 0.4) is 0 Å². The lowest BCUT2D eigenvalue weighted by atomic mass is 10.00. The van der Waals surface area contributed by atoms with Gasteiger partial charge in [-0.2, -0.15) is 8.42 Å². The summed E-state index contributed by atoms with van der Waals surface area (Å²) in [6.45, 7) is 3.68. The van der Waals surface area contributed by atoms with Crippen molar-refractivity contribution in [2.45, 2.75) is 211 Å². The zero-order chi connectivity index (χ0) is 42.0. The molecule has 0 aromatic rings. The second kappa shape index (κ2) is 34.7. The van der Waals surface area contributed by atoms with Gasteiger partial charge in [-0.3, -0.25) is 14.1 Å². The lowest BCUT2D eigenvalue weighted by Crippen LogP contribution is -2.60. The summed E-state index contributed by atoms with van der Waals surface area (Å²) in [4.78, 5) is 25.4. The van der Waals surface area contributed by atoms with Gasteiger partial charge in [-0.25, -0.2) is 0 Å². The normalized spacial score (nSPS) is 20.8. The van der Waals surface area contributed by atoms with Gasteiger partial charge in [-0.05, 0) is 64.2 Å². The van der Waals surface area contributed by atoms with E-state index in [1.165, 1.54) is 51.4 Å². The minimum absolute atomic E-state index is 0.146. The van der Waals surface area contributed by atoms with Crippen molar-refractivity contribution in [3.63, 3.8) is 0 Å². The predicted octanol–water partition coefficient (Wildman–Crippen LogP) is 8.61. The van der Waals surface area contributed by atoms with Gasteiger partial charge in [-0.15, -0.1) is 0 Å². The van der Waals surface area contributed by atoms with Gasteiger partial charge in [0.15, 0.2) is 12.4 Å². The van der Waals surface area contributed by atoms with Crippen LogP contribution in [0.2, 0.25) is 0 Å². The number of rotatable bonds is 36. The average molecular weight is 831 g/mol. The fourth-order valence-corrected chi connectivity index (χ4v) is 7.14. The molecule has 6 unspecified atom stereocenters. The number of unbranched alkanes of at least 4 members (excludes halogenated alkanes) is 18. The quantitative estimate of drug-likeness (QED) is 0.0204. The molecule has 1 rings (SSSR count). The Morgan fingerprint density at radius 2 is 1.07 bits per heavy atom. The van der Waals surface area contributed by atoms with E-state index in [4.69, 9.17) is 18.9 Å². The maximum atomic E-state index is 12.8. The van der Waals surface area contributed by atoms with Crippen molar-refractivity contribution in [2.75, 3.05) is 19.0 Å². The van der Waals surface area contributed by atoms with E-state index in [2.05, 4.69) is 50.3 Å². The molecule has 1 fully saturated rings. The number of hydrogen-bond acceptors (Lipinski definition) is 11. The summed E-state index contributed by atoms with van der Waals surface area (Å²) in [6.07, 6.45) is 29.0. The smallest absolute Gasteiger partial charge is 0.306 e. The van der Waals surface area contributed by atoms with Gasteiger partial charge in [0.1, 0.15) is 36.8 Å². The van der Waals surface area contributed by atoms with Crippen LogP contribution in [0, 0.1) is 0 Å². The van der Waals surface area contributed by atoms with E-state index in [1.54, 1.807) is 0 Å². The van der Waals surface area contributed by atoms with Gasteiger partial charge in [0.2, 0.25) is 0 Å². The fraction of sp³-hybridized carbons (Fsp3) is 0.818. The number of carbonyl (C=O) groups excluding carboxylic acids is 2. The number of ether oxygens (including phenoxy) is 4. The summed E-state index contributed by atoms with van der Waals surface area (Å²) < 4.78 is 54.0. The van der Waals surface area contributed by atoms with Crippen LogP contribution in [0.4, 0.5) is 0 Å². The Labute approximate surface area is 344 Å². The fourth-order valence-electron chi connectivity index (χ4n) is 6.45. The minimum atomic E-state index is -4.60. The number of esters is 2. The van der Waals surface area contributed by atoms with Crippen LogP contribution in [0.1, 0.15) is 174 Å². The van der Waals surface area contributed by atoms with Crippen LogP contribution in [0.25, 0.3) is 0 Å². The average Bonchev–Trinajstić information content (AvgIpc) is 3.17. The van der Waals surface area contributed by atoms with E-state index in [1.807, 2.05) is 0 Å². The predicted molar refractivity (Wildman–Crippen MR) is 224 cm³/mol. The third-order valence-corrected chi connectivity index (χ3v) is 10.7. The number of aliphatic hydroxyl groups is 3. The number of carbonyl (C=O) groups is 2. The molecule has 0 bridgehead atoms. The summed E-state index contributed by atoms with van der Waals surface area (Å²) in [7, 11) is -4.60. The molecule has 1 aliphatic rings. The molecule has 57 heavy (non-hydrogen) atoms. The van der Waals surface area contributed by atoms with Gasteiger partial charge in [0.05, 0.1) is 6.61 Å². The zero-order valence-electron chi connectivity index (χ0n) is 35.2. The molecular formula is C44H78O12S. The van der Waals surface area contributed by atoms with Crippen molar-refractivity contribution < 1.29 is 56.8 Å². The molecule has 0 aliphatic carbocycles. The Bertz CT molecular complexity index is 1200. The van der Waals surface area contributed by atoms with E-state index >= 15 is 0 Å². The Kier molecular flexibility index (Phi) is 32.2. The summed E-state index contributed by atoms with van der Waals surface area (Å²) in [5.74, 6) is -2.01. The standard InChI is InChI=1S/C44H78O12S/c1-3-5-7-9-11-13-15-17-19-21-22-24-26-28-30-32-39(45)53-34-37(35-54-44-43(49)42(48)41(47)38(56-44)36-57(50,51)52)55-40(46)33-31-29-27-25-23-20-18-16-14-12-10-8-6-4-2/h10,12,16-19,37-38,41-44,47-49H,3-9,11,13-15,20-36H2,1-2H3,(H,50,51,52)/b12-10-,18-16-,19-17-. The van der Waals surface area contributed by atoms with E-state index < -0.39 is 71.2 Å². The van der Waals surface area contributed by atoms with Gasteiger partial charge in [-0.1, -0.05) is 134 Å². The third-order valence-electron chi connectivity index (χ3n) is 9.94. The van der Waals surface area contributed by atoms with E-state index in [0.717, 1.165) is 83.5 Å². The largest absolute Gasteiger partial charge is 0.462 e. The molecule has 0 amide bonds. The van der Waals surface area contributed by atoms with E-state index in [9.17, 15) is 37.9 Å². The van der Waals surface area contributed by atoms with Crippen LogP contribution >= 0.6 is 0 Å². The first-order valence-corrected chi connectivity index (χ1v) is 23.7. The first-order valence-electron chi connectivity index (χ1n) is 22.0. The van der Waals surface area contributed by atoms with Crippen molar-refractivity contribution in [1.29, 1.82) is 0 Å². The number of allylic oxidation sites excluding steroid dienone is 6. The molecule has 1 heterocycles. The van der Waals surface area contributed by atoms with Gasteiger partial charge < -0.3 is 34.3 Å². The molecule has 13 heteroatoms. The molecule has 0 radical (unpaired) electrons. The molecule has 1 saturated heterocycles. The molecule has 1 aliphatic heterocycles. The molecule has 332 valence electrons. The van der Waals surface area contributed by atoms with Gasteiger partial charge >= 0.3 is 11.9 Å². The summed E-state index contributed by atoms with van der Waals surface area (Å²) >= 11 is 0. The van der Waals surface area contributed by atoms with Crippen molar-refractivity contribution >= 4 is 22.1 Å². The Morgan fingerprint density at radius 1 is 0.596 bits per heavy atom. The van der Waals surface area contributed by atoms with Gasteiger partial charge in [0.25, 0.3) is 10.1 Å². The van der Waals surface area contributed by atoms with Gasteiger partial charge in [0, 0.05) is 12.8 Å². The van der Waals surface area contributed by atoms with Crippen LogP contribution in [-0.2, 0) is 38.7 Å². The SMILES string of the molecule is CCCC/C=C\C/C=C\CCCCCCCC(=O)OC(COC(=O)CCCCCCC/C=C\CCCCCCCC)COC1OC(CS(=O)(=O)O)C(O)C(O)C1O. The zero-order valence-corrected chi connectivity index (χ0v) is 36.0. The van der Waals surface area contributed by atoms with Crippen molar-refractivity contribution in [3.8, 4) is 0 Å². The molecule has 0 aromatic heterocycles. The van der Waals surface area contributed by atoms with Crippen molar-refractivity contribution in [1.82, 2.24) is 0 Å². The number of hydrogen-bond donors (Lipinski definition) is 4. The minimum Gasteiger partial charge on any atom is -0.462 e. The maximum absolute atomic E-state index is 12.8. The van der Waals surface area contributed by atoms with E-state index in [0.29, 0.717) is 12.8 Å². The summed E-state index contributed by atoms with van der Waals surface area (Å²) in [5.41, 5.74) is 0. The first-order chi connectivity index (χ1) is 27.5. The van der Waals surface area contributed by atoms with Crippen LogP contribution in [0.15, 0.2) is 36.5 Å². The Morgan fingerprint density at radius 3 is 1.61 bits per heavy atom. The highest BCUT2D eigenvalue weighted by Crippen LogP contribution is 2.24. The van der Waals surface area contributed by atoms with Crippen molar-refractivity contribution in [3.05, 3.63) is 36.5 Å². The summed E-state index contributed by atoms with van der Waals surface area (Å²) in [5, 5.41) is 30.8. The van der Waals surface area contributed by atoms with Crippen LogP contribution in [-0.4, -0.2) is 96.0 Å². The maximum Gasteiger partial charge on any atom is 0.306 e. The second-order valence-corrected chi connectivity index (χ2v) is 16.9. The molecule has 4 N–H and O–H groups in total. The number of aliphatic hydroxyl groups excluding tert-OH is 3. The molecule has 12 nitrogen and oxygen atoms in total. The Hall–Kier alpha value is -2.13. The molecule has 0 spiro atoms. The first kappa shape index (κ1) is 52.9. The lowest BCUT2D eigenvalue weighted by Gasteiger charge is -2.40. The second-order valence-electron chi connectivity index (χ2n) is 15.4. The molecule has 0 aromatic carbocycles. The highest BCUT2D eigenvalue weighted by molar-refractivity contribution is 7.85. The Balaban J connectivity index is 2.48. The third kappa shape index (κ3) is 29.7. The highest BCUT2D eigenvalue weighted by Gasteiger charge is 2.46. The van der Waals surface area contributed by atoms with Crippen LogP contribution < -0.4 is 0 Å². The van der Waals surface area contributed by atoms with Crippen molar-refractivity contribution in [2.24, 2.45) is 0 Å². The topological polar surface area (TPSA) is 186 Å². The lowest BCUT2D eigenvalue weighted by molar-refractivity contribution is -0.297. The molecular weight excluding hydrogens is 753 g/mol.